The molecular weight excluding hydrogens is 416 g/mol. The van der Waals surface area contributed by atoms with Crippen LogP contribution in [0, 0.1) is 0 Å². The van der Waals surface area contributed by atoms with Crippen molar-refractivity contribution in [2.75, 3.05) is 6.61 Å². The minimum absolute atomic E-state index is 0.0833. The van der Waals surface area contributed by atoms with E-state index in [1.807, 2.05) is 0 Å². The first-order valence-corrected chi connectivity index (χ1v) is 12.6. The summed E-state index contributed by atoms with van der Waals surface area (Å²) in [7, 11) is 0. The second-order valence-corrected chi connectivity index (χ2v) is 8.80. The van der Waals surface area contributed by atoms with Crippen LogP contribution in [0.4, 0.5) is 0 Å². The summed E-state index contributed by atoms with van der Waals surface area (Å²) in [6, 6.07) is 0. The number of aliphatic hydroxyl groups is 6. The van der Waals surface area contributed by atoms with Crippen LogP contribution >= 0.6 is 0 Å². The predicted molar refractivity (Wildman–Crippen MR) is 123 cm³/mol. The standard InChI is InChI=1S/C24H48O8/c1-2-3-4-5-6-7-8-9-10-11-12-13-14-15-16-17-20(27)32-24(31)23(30)22(29)21(28)19(26)18-25/h19,21-26,28-31H,2-18H2,1H3/t19-,21-,22+,23+,24?/m1/s1. The van der Waals surface area contributed by atoms with Crippen molar-refractivity contribution in [1.29, 1.82) is 0 Å². The van der Waals surface area contributed by atoms with Gasteiger partial charge in [-0.05, 0) is 6.42 Å². The highest BCUT2D eigenvalue weighted by atomic mass is 16.6. The second kappa shape index (κ2) is 20.8. The van der Waals surface area contributed by atoms with Crippen molar-refractivity contribution in [3.05, 3.63) is 0 Å². The van der Waals surface area contributed by atoms with Crippen LogP contribution in [0.25, 0.3) is 0 Å². The van der Waals surface area contributed by atoms with Crippen molar-refractivity contribution in [2.45, 2.75) is 140 Å². The Morgan fingerprint density at radius 3 is 1.44 bits per heavy atom. The van der Waals surface area contributed by atoms with E-state index in [4.69, 9.17) is 5.11 Å². The average Bonchev–Trinajstić information content (AvgIpc) is 2.79. The minimum atomic E-state index is -2.03. The highest BCUT2D eigenvalue weighted by Crippen LogP contribution is 2.15. The maximum atomic E-state index is 11.7. The number of unbranched alkanes of at least 4 members (excludes halogenated alkanes) is 14. The molecule has 192 valence electrons. The number of carbonyl (C=O) groups is 1. The van der Waals surface area contributed by atoms with Gasteiger partial charge >= 0.3 is 5.97 Å². The topological polar surface area (TPSA) is 148 Å². The summed E-state index contributed by atoms with van der Waals surface area (Å²) < 4.78 is 4.67. The molecule has 0 spiro atoms. The summed E-state index contributed by atoms with van der Waals surface area (Å²) in [6.07, 6.45) is 8.65. The van der Waals surface area contributed by atoms with Gasteiger partial charge in [0.15, 0.2) is 0 Å². The van der Waals surface area contributed by atoms with Crippen molar-refractivity contribution in [3.8, 4) is 0 Å². The molecule has 0 saturated carbocycles. The Hall–Kier alpha value is -0.770. The molecule has 8 heteroatoms. The van der Waals surface area contributed by atoms with E-state index in [0.29, 0.717) is 6.42 Å². The summed E-state index contributed by atoms with van der Waals surface area (Å²) in [4.78, 5) is 11.7. The maximum Gasteiger partial charge on any atom is 0.308 e. The fourth-order valence-corrected chi connectivity index (χ4v) is 3.61. The zero-order valence-electron chi connectivity index (χ0n) is 19.9. The summed E-state index contributed by atoms with van der Waals surface area (Å²) in [5.41, 5.74) is 0. The number of carbonyl (C=O) groups excluding carboxylic acids is 1. The molecule has 6 N–H and O–H groups in total. The predicted octanol–water partition coefficient (Wildman–Crippen LogP) is 2.55. The van der Waals surface area contributed by atoms with Crippen LogP contribution in [-0.4, -0.2) is 73.9 Å². The first kappa shape index (κ1) is 31.2. The Morgan fingerprint density at radius 2 is 1.03 bits per heavy atom. The van der Waals surface area contributed by atoms with E-state index in [2.05, 4.69) is 11.7 Å². The van der Waals surface area contributed by atoms with Gasteiger partial charge in [0, 0.05) is 6.42 Å². The number of rotatable bonds is 22. The van der Waals surface area contributed by atoms with Crippen LogP contribution in [-0.2, 0) is 9.53 Å². The van der Waals surface area contributed by atoms with E-state index in [0.717, 1.165) is 19.3 Å². The number of ether oxygens (including phenoxy) is 1. The Bertz CT molecular complexity index is 434. The molecule has 0 fully saturated rings. The van der Waals surface area contributed by atoms with Crippen molar-refractivity contribution < 1.29 is 40.2 Å². The molecule has 0 rings (SSSR count). The number of aliphatic hydroxyl groups excluding tert-OH is 6. The summed E-state index contributed by atoms with van der Waals surface area (Å²) >= 11 is 0. The molecule has 5 atom stereocenters. The minimum Gasteiger partial charge on any atom is -0.433 e. The van der Waals surface area contributed by atoms with E-state index in [1.165, 1.54) is 70.6 Å². The van der Waals surface area contributed by atoms with Crippen LogP contribution in [0.2, 0.25) is 0 Å². The van der Waals surface area contributed by atoms with Gasteiger partial charge in [0.05, 0.1) is 6.61 Å². The SMILES string of the molecule is CCCCCCCCCCCCCCCCCC(=O)OC(O)[C@@H](O)[C@@H](O)[C@H](O)[C@H](O)CO. The van der Waals surface area contributed by atoms with Crippen LogP contribution < -0.4 is 0 Å². The molecule has 0 bridgehead atoms. The third-order valence-electron chi connectivity index (χ3n) is 5.81. The van der Waals surface area contributed by atoms with Gasteiger partial charge in [0.2, 0.25) is 6.29 Å². The summed E-state index contributed by atoms with van der Waals surface area (Å²) in [6.45, 7) is 1.41. The zero-order chi connectivity index (χ0) is 24.2. The van der Waals surface area contributed by atoms with Crippen LogP contribution in [0.3, 0.4) is 0 Å². The Balaban J connectivity index is 3.61. The van der Waals surface area contributed by atoms with Crippen molar-refractivity contribution in [3.63, 3.8) is 0 Å². The first-order chi connectivity index (χ1) is 15.3. The van der Waals surface area contributed by atoms with E-state index in [9.17, 15) is 30.3 Å². The molecule has 0 amide bonds. The number of hydrogen-bond acceptors (Lipinski definition) is 8. The molecule has 0 saturated heterocycles. The van der Waals surface area contributed by atoms with Crippen LogP contribution in [0.15, 0.2) is 0 Å². The smallest absolute Gasteiger partial charge is 0.308 e. The molecule has 8 nitrogen and oxygen atoms in total. The number of hydrogen-bond donors (Lipinski definition) is 6. The molecule has 0 aromatic carbocycles. The third-order valence-corrected chi connectivity index (χ3v) is 5.81. The van der Waals surface area contributed by atoms with Gasteiger partial charge in [0.25, 0.3) is 0 Å². The fourth-order valence-electron chi connectivity index (χ4n) is 3.61. The Labute approximate surface area is 193 Å². The van der Waals surface area contributed by atoms with Gasteiger partial charge in [0.1, 0.15) is 24.4 Å². The normalized spacial score (nSPS) is 16.3. The molecular formula is C24H48O8. The summed E-state index contributed by atoms with van der Waals surface area (Å²) in [5.74, 6) is -0.712. The molecule has 0 heterocycles. The summed E-state index contributed by atoms with van der Waals surface area (Å²) in [5, 5.41) is 56.6. The molecule has 0 aliphatic rings. The molecule has 0 aromatic rings. The second-order valence-electron chi connectivity index (χ2n) is 8.80. The maximum absolute atomic E-state index is 11.7. The van der Waals surface area contributed by atoms with E-state index >= 15 is 0 Å². The van der Waals surface area contributed by atoms with Crippen molar-refractivity contribution >= 4 is 5.97 Å². The first-order valence-electron chi connectivity index (χ1n) is 12.6. The lowest BCUT2D eigenvalue weighted by molar-refractivity contribution is -0.213. The zero-order valence-corrected chi connectivity index (χ0v) is 19.9. The Morgan fingerprint density at radius 1 is 0.625 bits per heavy atom. The molecule has 0 radical (unpaired) electrons. The molecule has 1 unspecified atom stereocenters. The lowest BCUT2D eigenvalue weighted by Gasteiger charge is -2.28. The lowest BCUT2D eigenvalue weighted by atomic mass is 10.0. The van der Waals surface area contributed by atoms with E-state index in [1.54, 1.807) is 0 Å². The van der Waals surface area contributed by atoms with E-state index < -0.39 is 43.3 Å². The monoisotopic (exact) mass is 464 g/mol. The van der Waals surface area contributed by atoms with Crippen molar-refractivity contribution in [1.82, 2.24) is 0 Å². The highest BCUT2D eigenvalue weighted by Gasteiger charge is 2.35. The molecule has 0 aliphatic heterocycles. The van der Waals surface area contributed by atoms with Crippen LogP contribution in [0.1, 0.15) is 110 Å². The van der Waals surface area contributed by atoms with Gasteiger partial charge in [-0.1, -0.05) is 96.8 Å². The van der Waals surface area contributed by atoms with Crippen molar-refractivity contribution in [2.24, 2.45) is 0 Å². The average molecular weight is 465 g/mol. The van der Waals surface area contributed by atoms with Crippen LogP contribution in [0.5, 0.6) is 0 Å². The van der Waals surface area contributed by atoms with Gasteiger partial charge in [-0.25, -0.2) is 0 Å². The van der Waals surface area contributed by atoms with Gasteiger partial charge in [-0.15, -0.1) is 0 Å². The lowest BCUT2D eigenvalue weighted by Crippen LogP contribution is -2.50. The molecule has 0 aromatic heterocycles. The van der Waals surface area contributed by atoms with Gasteiger partial charge < -0.3 is 35.4 Å². The number of esters is 1. The third kappa shape index (κ3) is 15.9. The highest BCUT2D eigenvalue weighted by molar-refractivity contribution is 5.69. The quantitative estimate of drug-likeness (QED) is 0.0813. The Kier molecular flexibility index (Phi) is 20.3. The molecule has 32 heavy (non-hydrogen) atoms. The van der Waals surface area contributed by atoms with Gasteiger partial charge in [-0.2, -0.15) is 0 Å². The fraction of sp³-hybridized carbons (Fsp3) is 0.958. The van der Waals surface area contributed by atoms with Gasteiger partial charge in [-0.3, -0.25) is 4.79 Å². The molecule has 0 aliphatic carbocycles. The largest absolute Gasteiger partial charge is 0.433 e. The van der Waals surface area contributed by atoms with E-state index in [-0.39, 0.29) is 6.42 Å².